The number of allylic oxidation sites excluding steroid dienone is 1. The van der Waals surface area contributed by atoms with Crippen molar-refractivity contribution in [3.05, 3.63) is 42.6 Å². The highest BCUT2D eigenvalue weighted by molar-refractivity contribution is 7.91. The van der Waals surface area contributed by atoms with Gasteiger partial charge in [0.2, 0.25) is 27.7 Å². The molecule has 58 heavy (non-hydrogen) atoms. The maximum absolute atomic E-state index is 14.9. The highest BCUT2D eigenvalue weighted by Crippen LogP contribution is 2.52. The van der Waals surface area contributed by atoms with Crippen LogP contribution < -0.4 is 24.8 Å². The average Bonchev–Trinajstić information content (AvgIpc) is 4.14. The van der Waals surface area contributed by atoms with Gasteiger partial charge in [-0.05, 0) is 101 Å². The van der Waals surface area contributed by atoms with Crippen molar-refractivity contribution in [3.63, 3.8) is 0 Å². The molecule has 5 fully saturated rings. The molecule has 8 rings (SSSR count). The van der Waals surface area contributed by atoms with Crippen LogP contribution in [0.4, 0.5) is 4.79 Å². The molecule has 4 aliphatic carbocycles. The lowest BCUT2D eigenvalue weighted by molar-refractivity contribution is -0.142. The summed E-state index contributed by atoms with van der Waals surface area (Å²) in [4.78, 5) is 63.1. The number of hydrogen-bond donors (Lipinski definition) is 3. The van der Waals surface area contributed by atoms with Crippen LogP contribution in [0.3, 0.4) is 0 Å². The number of aromatic nitrogens is 1. The number of nitrogens with one attached hydrogen (secondary N) is 3. The summed E-state index contributed by atoms with van der Waals surface area (Å²) in [5, 5.41) is 7.37. The maximum Gasteiger partial charge on any atom is 0.408 e. The van der Waals surface area contributed by atoms with Crippen LogP contribution in [0, 0.1) is 29.6 Å². The first-order valence-corrected chi connectivity index (χ1v) is 22.7. The van der Waals surface area contributed by atoms with E-state index in [1.807, 2.05) is 50.3 Å². The molecule has 314 valence electrons. The third-order valence-electron chi connectivity index (χ3n) is 13.5. The summed E-state index contributed by atoms with van der Waals surface area (Å²) in [7, 11) is -4.00. The van der Waals surface area contributed by atoms with Gasteiger partial charge in [0, 0.05) is 23.1 Å². The van der Waals surface area contributed by atoms with Crippen LogP contribution >= 0.6 is 0 Å². The lowest BCUT2D eigenvalue weighted by Gasteiger charge is -2.33. The molecule has 2 aliphatic heterocycles. The van der Waals surface area contributed by atoms with Gasteiger partial charge in [0.15, 0.2) is 0 Å². The van der Waals surface area contributed by atoms with E-state index in [-0.39, 0.29) is 37.3 Å². The van der Waals surface area contributed by atoms with Gasteiger partial charge in [0.1, 0.15) is 35.6 Å². The minimum Gasteiger partial charge on any atom is -0.491 e. The quantitative estimate of drug-likeness (QED) is 0.271. The van der Waals surface area contributed by atoms with Gasteiger partial charge < -0.3 is 29.7 Å². The van der Waals surface area contributed by atoms with E-state index in [0.29, 0.717) is 61.1 Å². The molecule has 4 saturated carbocycles. The maximum atomic E-state index is 14.9. The zero-order valence-electron chi connectivity index (χ0n) is 33.9. The Morgan fingerprint density at radius 3 is 2.48 bits per heavy atom. The zero-order chi connectivity index (χ0) is 41.0. The van der Waals surface area contributed by atoms with Crippen LogP contribution in [0.5, 0.6) is 11.6 Å². The van der Waals surface area contributed by atoms with Gasteiger partial charge in [-0.1, -0.05) is 51.1 Å². The second-order valence-electron chi connectivity index (χ2n) is 18.2. The van der Waals surface area contributed by atoms with Crippen molar-refractivity contribution in [2.45, 2.75) is 133 Å². The Kier molecular flexibility index (Phi) is 10.9. The fraction of sp³-hybridized carbons (Fsp3) is 0.651. The van der Waals surface area contributed by atoms with Crippen molar-refractivity contribution in [2.75, 3.05) is 13.2 Å². The number of carbonyl (C=O) groups excluding carboxylic acids is 4. The normalized spacial score (nSPS) is 34.6. The molecule has 0 radical (unpaired) electrons. The number of alkyl carbamates (subject to hydrolysis) is 1. The molecule has 1 unspecified atom stereocenters. The Morgan fingerprint density at radius 2 is 1.76 bits per heavy atom. The second kappa shape index (κ2) is 15.6. The molecule has 15 heteroatoms. The highest BCUT2D eigenvalue weighted by Gasteiger charge is 2.63. The second-order valence-corrected chi connectivity index (χ2v) is 20.4. The molecule has 3 heterocycles. The van der Waals surface area contributed by atoms with Crippen LogP contribution in [-0.4, -0.2) is 89.8 Å². The fourth-order valence-electron chi connectivity index (χ4n) is 9.38. The monoisotopic (exact) mass is 819 g/mol. The number of fused-ring (bicyclic) bond motifs is 4. The molecule has 3 N–H and O–H groups in total. The first-order chi connectivity index (χ1) is 27.7. The number of sulfonamides is 1. The first-order valence-electron chi connectivity index (χ1n) is 21.2. The topological polar surface area (TPSA) is 182 Å². The Bertz CT molecular complexity index is 2080. The molecular weight excluding hydrogens is 763 g/mol. The molecule has 1 aromatic carbocycles. The first kappa shape index (κ1) is 40.4. The number of carbonyl (C=O) groups is 4. The molecule has 0 bridgehead atoms. The lowest BCUT2D eigenvalue weighted by Crippen LogP contribution is -2.59. The van der Waals surface area contributed by atoms with E-state index in [4.69, 9.17) is 14.2 Å². The third-order valence-corrected chi connectivity index (χ3v) is 15.6. The average molecular weight is 820 g/mol. The smallest absolute Gasteiger partial charge is 0.408 e. The number of ether oxygens (including phenoxy) is 3. The summed E-state index contributed by atoms with van der Waals surface area (Å²) in [6, 6.07) is 5.45. The molecule has 14 nitrogen and oxygen atoms in total. The van der Waals surface area contributed by atoms with E-state index < -0.39 is 68.2 Å². The predicted octanol–water partition coefficient (Wildman–Crippen LogP) is 5.15. The molecule has 1 saturated heterocycles. The summed E-state index contributed by atoms with van der Waals surface area (Å²) in [6.07, 6.45) is 10.9. The minimum atomic E-state index is -4.00. The van der Waals surface area contributed by atoms with Crippen molar-refractivity contribution in [3.8, 4) is 11.6 Å². The van der Waals surface area contributed by atoms with Gasteiger partial charge in [-0.2, -0.15) is 0 Å². The SMILES string of the molecule is CCCOc1cnc(O[C@@H]2C[C@H]3C(=O)N[C@]4(C(=O)NS(=O)(=O)C5(C)CC5)CC4/C=C\CC[C@H](C)C[C@@H](C)[C@H](NC(=O)O[C@@H]4C[C@@H]5C[C@@H]5C4)C(=O)N3C2)c2ccccc12. The zero-order valence-corrected chi connectivity index (χ0v) is 34.7. The van der Waals surface area contributed by atoms with Gasteiger partial charge in [0.25, 0.3) is 5.91 Å². The van der Waals surface area contributed by atoms with Gasteiger partial charge in [-0.15, -0.1) is 0 Å². The van der Waals surface area contributed by atoms with Crippen LogP contribution in [0.25, 0.3) is 10.8 Å². The number of pyridine rings is 1. The Labute approximate surface area is 340 Å². The molecule has 6 aliphatic rings. The molecule has 0 spiro atoms. The summed E-state index contributed by atoms with van der Waals surface area (Å²) >= 11 is 0. The molecular formula is C43H57N5O9S. The van der Waals surface area contributed by atoms with Crippen LogP contribution in [0.2, 0.25) is 0 Å². The van der Waals surface area contributed by atoms with Crippen LogP contribution in [0.15, 0.2) is 42.6 Å². The van der Waals surface area contributed by atoms with E-state index in [9.17, 15) is 27.6 Å². The molecule has 4 amide bonds. The number of hydrogen-bond acceptors (Lipinski definition) is 10. The number of nitrogens with zero attached hydrogens (tertiary/aromatic N) is 2. The number of benzene rings is 1. The van der Waals surface area contributed by atoms with Crippen molar-refractivity contribution in [1.82, 2.24) is 25.2 Å². The van der Waals surface area contributed by atoms with Gasteiger partial charge in [-0.3, -0.25) is 19.1 Å². The molecule has 10 atom stereocenters. The van der Waals surface area contributed by atoms with E-state index in [0.717, 1.165) is 31.1 Å². The third kappa shape index (κ3) is 8.11. The van der Waals surface area contributed by atoms with Gasteiger partial charge in [-0.25, -0.2) is 18.2 Å². The van der Waals surface area contributed by atoms with Crippen LogP contribution in [-0.2, 0) is 29.1 Å². The largest absolute Gasteiger partial charge is 0.491 e. The van der Waals surface area contributed by atoms with E-state index in [1.165, 1.54) is 11.3 Å². The summed E-state index contributed by atoms with van der Waals surface area (Å²) in [5.74, 6) is -0.290. The summed E-state index contributed by atoms with van der Waals surface area (Å²) in [5.41, 5.74) is -1.52. The Morgan fingerprint density at radius 1 is 1.02 bits per heavy atom. The minimum absolute atomic E-state index is 0.00222. The summed E-state index contributed by atoms with van der Waals surface area (Å²) < 4.78 is 46.1. The van der Waals surface area contributed by atoms with Crippen molar-refractivity contribution in [1.29, 1.82) is 0 Å². The van der Waals surface area contributed by atoms with Crippen molar-refractivity contribution < 1.29 is 41.8 Å². The molecule has 1 aromatic heterocycles. The van der Waals surface area contributed by atoms with Gasteiger partial charge in [0.05, 0.1) is 24.1 Å². The predicted molar refractivity (Wildman–Crippen MR) is 215 cm³/mol. The fourth-order valence-corrected chi connectivity index (χ4v) is 10.7. The number of rotatable bonds is 10. The highest BCUT2D eigenvalue weighted by atomic mass is 32.2. The van der Waals surface area contributed by atoms with Gasteiger partial charge >= 0.3 is 6.09 Å². The Balaban J connectivity index is 1.10. The van der Waals surface area contributed by atoms with Crippen LogP contribution in [0.1, 0.15) is 98.3 Å². The Hall–Kier alpha value is -4.40. The van der Waals surface area contributed by atoms with Crippen molar-refractivity contribution >= 4 is 44.6 Å². The standard InChI is InChI=1S/C43H57N5O9S/c1-5-16-55-35-23-44-38(33-13-9-8-12-32(33)35)56-31-21-34-37(49)46-43(40(51)47-58(53,54)42(4)14-15-42)22-29(43)11-7-6-10-25(2)17-26(3)36(39(50)48(34)24-31)45-41(52)57-30-19-27-18-28(27)20-30/h7-9,11-13,23,25-31,34,36H,5-6,10,14-22,24H2,1-4H3,(H,45,52)(H,46,49)(H,47,51)/b11-7-/t25-,26+,27-,28+,29?,30+,31+,34-,36-,43+/m0/s1. The number of amides is 4. The van der Waals surface area contributed by atoms with E-state index in [1.54, 1.807) is 13.1 Å². The van der Waals surface area contributed by atoms with E-state index in [2.05, 4.69) is 27.3 Å². The summed E-state index contributed by atoms with van der Waals surface area (Å²) in [6.45, 7) is 8.18. The van der Waals surface area contributed by atoms with Crippen molar-refractivity contribution in [2.24, 2.45) is 29.6 Å². The molecule has 2 aromatic rings. The van der Waals surface area contributed by atoms with E-state index >= 15 is 0 Å². The lowest BCUT2D eigenvalue weighted by atomic mass is 9.88.